The van der Waals surface area contributed by atoms with Crippen LogP contribution < -0.4 is 10.6 Å². The van der Waals surface area contributed by atoms with Gasteiger partial charge in [0.05, 0.1) is 11.1 Å². The lowest BCUT2D eigenvalue weighted by atomic mass is 9.65. The summed E-state index contributed by atoms with van der Waals surface area (Å²) >= 11 is 0. The molecule has 1 fully saturated rings. The van der Waals surface area contributed by atoms with Crippen molar-refractivity contribution in [1.29, 1.82) is 0 Å². The highest BCUT2D eigenvalue weighted by molar-refractivity contribution is 5.96. The summed E-state index contributed by atoms with van der Waals surface area (Å²) in [4.78, 5) is 25.4. The van der Waals surface area contributed by atoms with E-state index >= 15 is 0 Å². The lowest BCUT2D eigenvalue weighted by Crippen LogP contribution is -2.47. The molecule has 0 aromatic carbocycles. The van der Waals surface area contributed by atoms with Gasteiger partial charge in [0.1, 0.15) is 0 Å². The van der Waals surface area contributed by atoms with E-state index in [-0.39, 0.29) is 17.7 Å². The van der Waals surface area contributed by atoms with E-state index < -0.39 is 10.8 Å². The molecule has 0 unspecified atom stereocenters. The average Bonchev–Trinajstić information content (AvgIpc) is 2.98. The van der Waals surface area contributed by atoms with Crippen molar-refractivity contribution in [3.63, 3.8) is 0 Å². The maximum absolute atomic E-state index is 13.0. The SMILES string of the molecule is CCNC(=O)[C@@H]1CC[C@](C)(C(=O)Nc2onc(CC)c2C)C1(C)C. The maximum atomic E-state index is 13.0. The first kappa shape index (κ1) is 18.5. The predicted molar refractivity (Wildman–Crippen MR) is 92.5 cm³/mol. The van der Waals surface area contributed by atoms with Crippen molar-refractivity contribution in [2.24, 2.45) is 16.7 Å². The fraction of sp³-hybridized carbons (Fsp3) is 0.722. The number of hydrogen-bond acceptors (Lipinski definition) is 4. The summed E-state index contributed by atoms with van der Waals surface area (Å²) in [7, 11) is 0. The van der Waals surface area contributed by atoms with Crippen molar-refractivity contribution in [2.45, 2.75) is 60.8 Å². The molecule has 0 radical (unpaired) electrons. The quantitative estimate of drug-likeness (QED) is 0.866. The number of nitrogens with one attached hydrogen (secondary N) is 2. The van der Waals surface area contributed by atoms with E-state index in [4.69, 9.17) is 4.52 Å². The fourth-order valence-corrected chi connectivity index (χ4v) is 3.72. The van der Waals surface area contributed by atoms with Crippen LogP contribution in [0.5, 0.6) is 0 Å². The van der Waals surface area contributed by atoms with Crippen LogP contribution in [0.2, 0.25) is 0 Å². The molecule has 0 bridgehead atoms. The molecule has 24 heavy (non-hydrogen) atoms. The Morgan fingerprint density at radius 2 is 1.96 bits per heavy atom. The van der Waals surface area contributed by atoms with Gasteiger partial charge in [-0.05, 0) is 38.5 Å². The lowest BCUT2D eigenvalue weighted by Gasteiger charge is -2.39. The summed E-state index contributed by atoms with van der Waals surface area (Å²) in [6.07, 6.45) is 2.13. The van der Waals surface area contributed by atoms with Gasteiger partial charge in [-0.15, -0.1) is 0 Å². The van der Waals surface area contributed by atoms with Gasteiger partial charge < -0.3 is 9.84 Å². The van der Waals surface area contributed by atoms with E-state index in [2.05, 4.69) is 15.8 Å². The van der Waals surface area contributed by atoms with Crippen molar-refractivity contribution in [1.82, 2.24) is 10.5 Å². The van der Waals surface area contributed by atoms with Gasteiger partial charge in [-0.1, -0.05) is 32.9 Å². The molecule has 2 atom stereocenters. The summed E-state index contributed by atoms with van der Waals surface area (Å²) in [6.45, 7) is 12.3. The fourth-order valence-electron chi connectivity index (χ4n) is 3.72. The van der Waals surface area contributed by atoms with Crippen LogP contribution in [0.15, 0.2) is 4.52 Å². The zero-order valence-electron chi connectivity index (χ0n) is 15.6. The van der Waals surface area contributed by atoms with Gasteiger partial charge >= 0.3 is 0 Å². The van der Waals surface area contributed by atoms with Crippen LogP contribution in [0.25, 0.3) is 0 Å². The average molecular weight is 335 g/mol. The number of hydrogen-bond donors (Lipinski definition) is 2. The minimum Gasteiger partial charge on any atom is -0.356 e. The van der Waals surface area contributed by atoms with Crippen molar-refractivity contribution in [2.75, 3.05) is 11.9 Å². The largest absolute Gasteiger partial charge is 0.356 e. The van der Waals surface area contributed by atoms with Crippen LogP contribution in [-0.4, -0.2) is 23.5 Å². The molecule has 1 saturated carbocycles. The van der Waals surface area contributed by atoms with Crippen molar-refractivity contribution < 1.29 is 14.1 Å². The molecule has 1 heterocycles. The highest BCUT2D eigenvalue weighted by atomic mass is 16.5. The van der Waals surface area contributed by atoms with Crippen LogP contribution in [-0.2, 0) is 16.0 Å². The number of anilines is 1. The molecule has 0 saturated heterocycles. The minimum absolute atomic E-state index is 0.0307. The van der Waals surface area contributed by atoms with Gasteiger partial charge in [0.15, 0.2) is 0 Å². The highest BCUT2D eigenvalue weighted by Crippen LogP contribution is 2.56. The molecule has 0 aliphatic heterocycles. The summed E-state index contributed by atoms with van der Waals surface area (Å²) in [5.74, 6) is 0.162. The molecule has 2 N–H and O–H groups in total. The standard InChI is InChI=1S/C18H29N3O3/c1-7-13-11(3)15(24-21-13)20-16(23)18(6)10-9-12(17(18,4)5)14(22)19-8-2/h12H,7-10H2,1-6H3,(H,19,22)(H,20,23)/t12-,18+/m0/s1. The van der Waals surface area contributed by atoms with Crippen LogP contribution in [0, 0.1) is 23.7 Å². The summed E-state index contributed by atoms with van der Waals surface area (Å²) in [5.41, 5.74) is 0.624. The number of aryl methyl sites for hydroxylation is 1. The Hall–Kier alpha value is -1.85. The molecular weight excluding hydrogens is 306 g/mol. The first-order chi connectivity index (χ1) is 11.2. The van der Waals surface area contributed by atoms with Crippen LogP contribution >= 0.6 is 0 Å². The van der Waals surface area contributed by atoms with E-state index in [9.17, 15) is 9.59 Å². The van der Waals surface area contributed by atoms with Crippen LogP contribution in [0.3, 0.4) is 0 Å². The van der Waals surface area contributed by atoms with E-state index in [1.165, 1.54) is 0 Å². The monoisotopic (exact) mass is 335 g/mol. The second-order valence-electron chi connectivity index (χ2n) is 7.43. The number of amides is 2. The number of carbonyl (C=O) groups is 2. The zero-order chi connectivity index (χ0) is 18.1. The summed E-state index contributed by atoms with van der Waals surface area (Å²) in [6, 6.07) is 0. The Bertz CT molecular complexity index is 635. The molecule has 134 valence electrons. The molecule has 2 rings (SSSR count). The molecule has 6 nitrogen and oxygen atoms in total. The number of aromatic nitrogens is 1. The Labute approximate surface area is 143 Å². The molecular formula is C18H29N3O3. The Morgan fingerprint density at radius 1 is 1.29 bits per heavy atom. The molecule has 2 amide bonds. The topological polar surface area (TPSA) is 84.2 Å². The van der Waals surface area contributed by atoms with Gasteiger partial charge in [0.25, 0.3) is 0 Å². The van der Waals surface area contributed by atoms with E-state index in [0.717, 1.165) is 17.7 Å². The van der Waals surface area contributed by atoms with Gasteiger partial charge in [0.2, 0.25) is 17.7 Å². The van der Waals surface area contributed by atoms with Crippen molar-refractivity contribution >= 4 is 17.7 Å². The van der Waals surface area contributed by atoms with Crippen molar-refractivity contribution in [3.8, 4) is 0 Å². The smallest absolute Gasteiger partial charge is 0.234 e. The molecule has 1 aliphatic rings. The second-order valence-corrected chi connectivity index (χ2v) is 7.43. The molecule has 1 aliphatic carbocycles. The molecule has 6 heteroatoms. The number of rotatable bonds is 5. The first-order valence-electron chi connectivity index (χ1n) is 8.73. The van der Waals surface area contributed by atoms with Gasteiger partial charge in [-0.3, -0.25) is 14.9 Å². The normalized spacial score (nSPS) is 25.5. The predicted octanol–water partition coefficient (Wildman–Crippen LogP) is 3.06. The highest BCUT2D eigenvalue weighted by Gasteiger charge is 2.58. The van der Waals surface area contributed by atoms with E-state index in [0.29, 0.717) is 25.3 Å². The van der Waals surface area contributed by atoms with E-state index in [1.807, 2.05) is 41.5 Å². The van der Waals surface area contributed by atoms with Crippen LogP contribution in [0.1, 0.15) is 58.7 Å². The Morgan fingerprint density at radius 3 is 2.50 bits per heavy atom. The summed E-state index contributed by atoms with van der Waals surface area (Å²) in [5, 5.41) is 9.77. The first-order valence-corrected chi connectivity index (χ1v) is 8.73. The second kappa shape index (κ2) is 6.57. The number of nitrogens with zero attached hydrogens (tertiary/aromatic N) is 1. The lowest BCUT2D eigenvalue weighted by molar-refractivity contribution is -0.135. The van der Waals surface area contributed by atoms with Gasteiger partial charge in [0, 0.05) is 18.0 Å². The molecule has 0 spiro atoms. The third-order valence-corrected chi connectivity index (χ3v) is 5.98. The third-order valence-electron chi connectivity index (χ3n) is 5.98. The Balaban J connectivity index is 2.21. The number of carbonyl (C=O) groups excluding carboxylic acids is 2. The maximum Gasteiger partial charge on any atom is 0.234 e. The minimum atomic E-state index is -0.644. The van der Waals surface area contributed by atoms with E-state index in [1.54, 1.807) is 0 Å². The van der Waals surface area contributed by atoms with Crippen LogP contribution in [0.4, 0.5) is 5.88 Å². The summed E-state index contributed by atoms with van der Waals surface area (Å²) < 4.78 is 5.28. The molecule has 1 aromatic rings. The van der Waals surface area contributed by atoms with Crippen molar-refractivity contribution in [3.05, 3.63) is 11.3 Å². The molecule has 1 aromatic heterocycles. The Kier molecular flexibility index (Phi) is 5.06. The third kappa shape index (κ3) is 2.82. The zero-order valence-corrected chi connectivity index (χ0v) is 15.6. The van der Waals surface area contributed by atoms with Gasteiger partial charge in [-0.25, -0.2) is 0 Å². The van der Waals surface area contributed by atoms with Gasteiger partial charge in [-0.2, -0.15) is 0 Å².